The molecule has 170 valence electrons. The van der Waals surface area contributed by atoms with Gasteiger partial charge in [-0.25, -0.2) is 13.2 Å². The maximum absolute atomic E-state index is 13.9. The third-order valence-electron chi connectivity index (χ3n) is 5.50. The number of pyridine rings is 1. The number of benzene rings is 1. The van der Waals surface area contributed by atoms with Crippen molar-refractivity contribution in [1.82, 2.24) is 15.6 Å². The molecular formula is C21H24F5N3O2. The number of rotatable bonds is 8. The minimum atomic E-state index is -3.16. The topological polar surface area (TPSA) is 63.2 Å². The predicted molar refractivity (Wildman–Crippen MR) is 105 cm³/mol. The second-order valence-corrected chi connectivity index (χ2v) is 7.80. The Hall–Kier alpha value is -2.49. The van der Waals surface area contributed by atoms with E-state index in [9.17, 15) is 26.7 Å². The Morgan fingerprint density at radius 3 is 2.52 bits per heavy atom. The van der Waals surface area contributed by atoms with Gasteiger partial charge >= 0.3 is 6.61 Å². The minimum absolute atomic E-state index is 0.0504. The van der Waals surface area contributed by atoms with Crippen molar-refractivity contribution in [3.05, 3.63) is 35.8 Å². The molecule has 1 aliphatic carbocycles. The number of ether oxygens (including phenoxy) is 1. The van der Waals surface area contributed by atoms with Gasteiger partial charge in [-0.3, -0.25) is 9.78 Å². The number of alkyl halides is 4. The highest BCUT2D eigenvalue weighted by molar-refractivity contribution is 5.97. The average molecular weight is 445 g/mol. The van der Waals surface area contributed by atoms with Gasteiger partial charge in [0.15, 0.2) is 11.6 Å². The lowest BCUT2D eigenvalue weighted by Gasteiger charge is -2.30. The van der Waals surface area contributed by atoms with Crippen LogP contribution in [0.3, 0.4) is 0 Å². The molecule has 1 heterocycles. The molecule has 1 aromatic heterocycles. The Balaban J connectivity index is 1.56. The highest BCUT2D eigenvalue weighted by atomic mass is 19.3. The summed E-state index contributed by atoms with van der Waals surface area (Å²) in [5.74, 6) is -1.67. The molecular weight excluding hydrogens is 421 g/mol. The van der Waals surface area contributed by atoms with Crippen LogP contribution in [0, 0.1) is 11.7 Å². The van der Waals surface area contributed by atoms with Crippen molar-refractivity contribution < 1.29 is 31.5 Å². The first-order valence-electron chi connectivity index (χ1n) is 10.1. The van der Waals surface area contributed by atoms with Gasteiger partial charge in [-0.05, 0) is 57.2 Å². The third kappa shape index (κ3) is 6.25. The zero-order chi connectivity index (χ0) is 22.5. The molecule has 1 amide bonds. The van der Waals surface area contributed by atoms with E-state index in [1.165, 1.54) is 19.2 Å². The molecule has 1 saturated carbocycles. The molecule has 1 aromatic carbocycles. The Labute approximate surface area is 176 Å². The second kappa shape index (κ2) is 10.2. The van der Waals surface area contributed by atoms with Gasteiger partial charge in [-0.1, -0.05) is 0 Å². The summed E-state index contributed by atoms with van der Waals surface area (Å²) in [4.78, 5) is 16.6. The number of amides is 1. The molecule has 0 radical (unpaired) electrons. The molecule has 3 rings (SSSR count). The maximum atomic E-state index is 13.9. The molecule has 1 atom stereocenters. The lowest BCUT2D eigenvalue weighted by atomic mass is 9.85. The first-order chi connectivity index (χ1) is 14.7. The van der Waals surface area contributed by atoms with Crippen LogP contribution in [0.1, 0.15) is 43.0 Å². The van der Waals surface area contributed by atoms with Gasteiger partial charge in [0.25, 0.3) is 12.3 Å². The Morgan fingerprint density at radius 2 is 1.87 bits per heavy atom. The lowest BCUT2D eigenvalue weighted by molar-refractivity contribution is -0.0520. The fourth-order valence-electron chi connectivity index (χ4n) is 3.66. The summed E-state index contributed by atoms with van der Waals surface area (Å²) < 4.78 is 67.9. The van der Waals surface area contributed by atoms with E-state index in [0.29, 0.717) is 6.54 Å². The van der Waals surface area contributed by atoms with Gasteiger partial charge in [-0.15, -0.1) is 0 Å². The van der Waals surface area contributed by atoms with Gasteiger partial charge in [0, 0.05) is 23.7 Å². The van der Waals surface area contributed by atoms with Crippen molar-refractivity contribution in [2.75, 3.05) is 6.54 Å². The van der Waals surface area contributed by atoms with Gasteiger partial charge in [-0.2, -0.15) is 8.78 Å². The molecule has 0 bridgehead atoms. The predicted octanol–water partition coefficient (Wildman–Crippen LogP) is 4.51. The van der Waals surface area contributed by atoms with E-state index in [2.05, 4.69) is 20.4 Å². The van der Waals surface area contributed by atoms with Crippen LogP contribution in [0.5, 0.6) is 5.75 Å². The summed E-state index contributed by atoms with van der Waals surface area (Å²) >= 11 is 0. The molecule has 1 aliphatic rings. The number of hydrogen-bond acceptors (Lipinski definition) is 4. The van der Waals surface area contributed by atoms with E-state index in [-0.39, 0.29) is 34.3 Å². The Morgan fingerprint density at radius 1 is 1.16 bits per heavy atom. The van der Waals surface area contributed by atoms with Crippen molar-refractivity contribution in [3.63, 3.8) is 0 Å². The number of halogens is 5. The van der Waals surface area contributed by atoms with Crippen molar-refractivity contribution in [2.45, 2.75) is 57.7 Å². The van der Waals surface area contributed by atoms with E-state index in [1.807, 2.05) is 0 Å². The number of carbonyl (C=O) groups excluding carboxylic acids is 1. The highest BCUT2D eigenvalue weighted by Gasteiger charge is 2.24. The van der Waals surface area contributed by atoms with E-state index in [1.54, 1.807) is 0 Å². The smallest absolute Gasteiger partial charge is 0.387 e. The minimum Gasteiger partial charge on any atom is -0.432 e. The van der Waals surface area contributed by atoms with Crippen LogP contribution >= 0.6 is 0 Å². The molecule has 10 heteroatoms. The van der Waals surface area contributed by atoms with Crippen molar-refractivity contribution in [3.8, 4) is 5.75 Å². The van der Waals surface area contributed by atoms with Gasteiger partial charge in [0.2, 0.25) is 0 Å². The normalized spacial score (nSPS) is 20.3. The second-order valence-electron chi connectivity index (χ2n) is 7.80. The van der Waals surface area contributed by atoms with Gasteiger partial charge in [0.05, 0.1) is 17.1 Å². The SMILES string of the molecule is C[C@@H](NCC1CCC(NC(=O)c2cnc3cc(OC(F)F)c(F)cc3c2)CC1)C(F)F. The van der Waals surface area contributed by atoms with Crippen LogP contribution in [-0.4, -0.2) is 42.6 Å². The summed E-state index contributed by atoms with van der Waals surface area (Å²) in [6, 6.07) is 2.60. The first-order valence-corrected chi connectivity index (χ1v) is 10.1. The van der Waals surface area contributed by atoms with Crippen molar-refractivity contribution >= 4 is 16.8 Å². The van der Waals surface area contributed by atoms with Crippen LogP contribution in [0.25, 0.3) is 10.9 Å². The fraction of sp³-hybridized carbons (Fsp3) is 0.524. The third-order valence-corrected chi connectivity index (χ3v) is 5.50. The van der Waals surface area contributed by atoms with Gasteiger partial charge in [0.1, 0.15) is 0 Å². The summed E-state index contributed by atoms with van der Waals surface area (Å²) in [7, 11) is 0. The molecule has 0 saturated heterocycles. The standard InChI is InChI=1S/C21H24F5N3O2/c1-11(19(23)24)27-9-12-2-4-15(5-3-12)29-20(30)14-6-13-7-16(22)18(31-21(25)26)8-17(13)28-10-14/h6-8,10-12,15,19,21,27H,2-5,9H2,1H3,(H,29,30)/t11-,12?,15?/m1/s1. The molecule has 0 spiro atoms. The van der Waals surface area contributed by atoms with Crippen LogP contribution in [-0.2, 0) is 0 Å². The quantitative estimate of drug-likeness (QED) is 0.587. The van der Waals surface area contributed by atoms with Crippen molar-refractivity contribution in [2.24, 2.45) is 5.92 Å². The zero-order valence-corrected chi connectivity index (χ0v) is 16.9. The summed E-state index contributed by atoms with van der Waals surface area (Å²) in [5, 5.41) is 6.05. The van der Waals surface area contributed by atoms with E-state index in [4.69, 9.17) is 0 Å². The van der Waals surface area contributed by atoms with Crippen molar-refractivity contribution in [1.29, 1.82) is 0 Å². The molecule has 0 aliphatic heterocycles. The van der Waals surface area contributed by atoms with E-state index >= 15 is 0 Å². The zero-order valence-electron chi connectivity index (χ0n) is 16.9. The molecule has 5 nitrogen and oxygen atoms in total. The van der Waals surface area contributed by atoms with E-state index in [0.717, 1.165) is 37.8 Å². The number of aromatic nitrogens is 1. The average Bonchev–Trinajstić information content (AvgIpc) is 2.72. The summed E-state index contributed by atoms with van der Waals surface area (Å²) in [6.45, 7) is -1.19. The van der Waals surface area contributed by atoms with E-state index < -0.39 is 30.6 Å². The molecule has 2 N–H and O–H groups in total. The summed E-state index contributed by atoms with van der Waals surface area (Å²) in [5.41, 5.74) is 0.448. The number of nitrogens with one attached hydrogen (secondary N) is 2. The van der Waals surface area contributed by atoms with Crippen LogP contribution in [0.4, 0.5) is 22.0 Å². The molecule has 31 heavy (non-hydrogen) atoms. The van der Waals surface area contributed by atoms with Crippen LogP contribution in [0.2, 0.25) is 0 Å². The van der Waals surface area contributed by atoms with Crippen LogP contribution < -0.4 is 15.4 Å². The fourth-order valence-corrected chi connectivity index (χ4v) is 3.66. The molecule has 2 aromatic rings. The number of fused-ring (bicyclic) bond motifs is 1. The summed E-state index contributed by atoms with van der Waals surface area (Å²) in [6.07, 6.45) is 1.96. The molecule has 0 unspecified atom stereocenters. The van der Waals surface area contributed by atoms with Crippen LogP contribution in [0.15, 0.2) is 24.4 Å². The number of carbonyl (C=O) groups is 1. The number of nitrogens with zero attached hydrogens (tertiary/aromatic N) is 1. The highest BCUT2D eigenvalue weighted by Crippen LogP contribution is 2.27. The Kier molecular flexibility index (Phi) is 7.64. The lowest BCUT2D eigenvalue weighted by Crippen LogP contribution is -2.41. The largest absolute Gasteiger partial charge is 0.432 e. The van der Waals surface area contributed by atoms with Gasteiger partial charge < -0.3 is 15.4 Å². The molecule has 1 fully saturated rings. The number of hydrogen-bond donors (Lipinski definition) is 2. The Bertz CT molecular complexity index is 904. The monoisotopic (exact) mass is 445 g/mol. The maximum Gasteiger partial charge on any atom is 0.387 e. The first kappa shape index (κ1) is 23.2.